The van der Waals surface area contributed by atoms with Crippen molar-refractivity contribution in [2.45, 2.75) is 50.6 Å². The van der Waals surface area contributed by atoms with Crippen LogP contribution in [-0.2, 0) is 23.2 Å². The van der Waals surface area contributed by atoms with Gasteiger partial charge in [0, 0.05) is 60.5 Å². The number of amides is 3. The van der Waals surface area contributed by atoms with Gasteiger partial charge in [-0.1, -0.05) is 43.3 Å². The van der Waals surface area contributed by atoms with E-state index in [0.717, 1.165) is 16.7 Å². The van der Waals surface area contributed by atoms with Gasteiger partial charge in [0.25, 0.3) is 5.91 Å². The highest BCUT2D eigenvalue weighted by atomic mass is 32.2. The van der Waals surface area contributed by atoms with Crippen LogP contribution in [0, 0.1) is 6.92 Å². The summed E-state index contributed by atoms with van der Waals surface area (Å²) in [7, 11) is 4.85. The standard InChI is InChI=1S/C38H40F3N5O4S2/c1-22(2)30-18-27(33-19-35(46(7)44-33)45(6)36(48)26-11-14-29(15-12-26)52-38(39,40)41)13-16-32(30)43-37(49)42-25(5)51-21-34(47)24(4)31-17-23(3)9-10-28(31)20-50-8/h9-19,24H,1,20-21H2,2-8H3,(H,43,49)/b42-25-. The molecule has 1 unspecified atom stereocenters. The Morgan fingerprint density at radius 1 is 1.06 bits per heavy atom. The van der Waals surface area contributed by atoms with Crippen LogP contribution in [-0.4, -0.2) is 58.0 Å². The van der Waals surface area contributed by atoms with Gasteiger partial charge in [0.2, 0.25) is 0 Å². The number of benzene rings is 3. The highest BCUT2D eigenvalue weighted by molar-refractivity contribution is 8.14. The molecular formula is C38H40F3N5O4S2. The minimum Gasteiger partial charge on any atom is -0.380 e. The first-order valence-electron chi connectivity index (χ1n) is 16.1. The van der Waals surface area contributed by atoms with Crippen molar-refractivity contribution in [2.24, 2.45) is 12.0 Å². The summed E-state index contributed by atoms with van der Waals surface area (Å²) in [6.45, 7) is 11.8. The number of Topliss-reactive ketones (excluding diaryl/α,β-unsaturated/α-hetero) is 1. The van der Waals surface area contributed by atoms with Crippen molar-refractivity contribution in [3.8, 4) is 11.3 Å². The number of methoxy groups -OCH3 is 1. The number of allylic oxidation sites excluding steroid dienone is 1. The van der Waals surface area contributed by atoms with E-state index in [2.05, 4.69) is 22.0 Å². The number of aryl methyl sites for hydroxylation is 2. The number of alkyl halides is 3. The Bertz CT molecular complexity index is 2010. The van der Waals surface area contributed by atoms with Gasteiger partial charge in [-0.05, 0) is 85.6 Å². The number of rotatable bonds is 12. The molecule has 0 radical (unpaired) electrons. The van der Waals surface area contributed by atoms with E-state index in [4.69, 9.17) is 4.74 Å². The van der Waals surface area contributed by atoms with Gasteiger partial charge in [0.05, 0.1) is 23.1 Å². The molecule has 1 atom stereocenters. The first-order chi connectivity index (χ1) is 24.5. The summed E-state index contributed by atoms with van der Waals surface area (Å²) in [5, 5.41) is 7.81. The number of aromatic nitrogens is 2. The van der Waals surface area contributed by atoms with Gasteiger partial charge >= 0.3 is 11.5 Å². The topological polar surface area (TPSA) is 106 Å². The van der Waals surface area contributed by atoms with E-state index >= 15 is 0 Å². The smallest absolute Gasteiger partial charge is 0.380 e. The fourth-order valence-corrected chi connectivity index (χ4v) is 6.66. The molecule has 274 valence electrons. The van der Waals surface area contributed by atoms with E-state index < -0.39 is 17.4 Å². The van der Waals surface area contributed by atoms with Crippen LogP contribution in [0.2, 0.25) is 0 Å². The molecule has 0 saturated carbocycles. The lowest BCUT2D eigenvalue weighted by Gasteiger charge is -2.17. The Morgan fingerprint density at radius 3 is 2.38 bits per heavy atom. The molecule has 9 nitrogen and oxygen atoms in total. The zero-order valence-corrected chi connectivity index (χ0v) is 31.6. The zero-order valence-electron chi connectivity index (χ0n) is 29.9. The number of ether oxygens (including phenoxy) is 1. The van der Waals surface area contributed by atoms with Gasteiger partial charge in [-0.2, -0.15) is 23.3 Å². The zero-order chi connectivity index (χ0) is 38.3. The summed E-state index contributed by atoms with van der Waals surface area (Å²) < 4.78 is 45.0. The van der Waals surface area contributed by atoms with Gasteiger partial charge < -0.3 is 10.1 Å². The third-order valence-corrected chi connectivity index (χ3v) is 9.77. The third kappa shape index (κ3) is 10.5. The molecule has 1 N–H and O–H groups in total. The normalized spacial score (nSPS) is 12.4. The van der Waals surface area contributed by atoms with Gasteiger partial charge in [-0.25, -0.2) is 4.79 Å². The minimum atomic E-state index is -4.42. The number of halogens is 3. The van der Waals surface area contributed by atoms with E-state index in [1.54, 1.807) is 53.3 Å². The number of urea groups is 1. The molecule has 4 rings (SSSR count). The number of ketones is 1. The maximum absolute atomic E-state index is 13.2. The Labute approximate surface area is 309 Å². The van der Waals surface area contributed by atoms with Gasteiger partial charge in [-0.15, -0.1) is 11.8 Å². The second-order valence-electron chi connectivity index (χ2n) is 12.2. The van der Waals surface area contributed by atoms with Crippen molar-refractivity contribution in [3.63, 3.8) is 0 Å². The SMILES string of the molecule is C=C(C)c1cc(-c2cc(N(C)C(=O)c3ccc(SC(F)(F)F)cc3)n(C)n2)ccc1NC(=O)/N=C(/C)SCC(=O)C(C)c1cc(C)ccc1COC. The van der Waals surface area contributed by atoms with Crippen LogP contribution in [0.1, 0.15) is 59.3 Å². The molecule has 0 aliphatic heterocycles. The second-order valence-corrected chi connectivity index (χ2v) is 14.5. The Kier molecular flexibility index (Phi) is 13.3. The lowest BCUT2D eigenvalue weighted by atomic mass is 9.91. The average Bonchev–Trinajstić information content (AvgIpc) is 3.47. The molecule has 14 heteroatoms. The van der Waals surface area contributed by atoms with Crippen molar-refractivity contribution < 1.29 is 32.3 Å². The van der Waals surface area contributed by atoms with Crippen molar-refractivity contribution in [3.05, 3.63) is 101 Å². The van der Waals surface area contributed by atoms with E-state index in [1.165, 1.54) is 45.6 Å². The van der Waals surface area contributed by atoms with E-state index in [1.807, 2.05) is 38.1 Å². The summed E-state index contributed by atoms with van der Waals surface area (Å²) in [5.41, 5.74) is 1.77. The number of anilines is 2. The second kappa shape index (κ2) is 17.2. The molecule has 0 fully saturated rings. The lowest BCUT2D eigenvalue weighted by Crippen LogP contribution is -2.28. The summed E-state index contributed by atoms with van der Waals surface area (Å²) in [6, 6.07) is 17.6. The van der Waals surface area contributed by atoms with Crippen molar-refractivity contribution in [2.75, 3.05) is 30.1 Å². The van der Waals surface area contributed by atoms with Crippen LogP contribution in [0.4, 0.5) is 29.5 Å². The molecule has 0 spiro atoms. The maximum atomic E-state index is 13.2. The molecule has 1 aromatic heterocycles. The van der Waals surface area contributed by atoms with Crippen LogP contribution in [0.3, 0.4) is 0 Å². The molecule has 3 aromatic carbocycles. The first kappa shape index (κ1) is 40.1. The van der Waals surface area contributed by atoms with E-state index in [9.17, 15) is 27.6 Å². The van der Waals surface area contributed by atoms with Gasteiger partial charge in [-0.3, -0.25) is 19.2 Å². The Balaban J connectivity index is 1.43. The fourth-order valence-electron chi connectivity index (χ4n) is 5.37. The number of thioether (sulfide) groups is 2. The Morgan fingerprint density at radius 2 is 1.75 bits per heavy atom. The van der Waals surface area contributed by atoms with Crippen LogP contribution >= 0.6 is 23.5 Å². The van der Waals surface area contributed by atoms with E-state index in [0.29, 0.717) is 45.5 Å². The van der Waals surface area contributed by atoms with Crippen molar-refractivity contribution >= 4 is 63.4 Å². The fraction of sp³-hybridized carbons (Fsp3) is 0.289. The molecule has 0 saturated heterocycles. The molecule has 4 aromatic rings. The summed E-state index contributed by atoms with van der Waals surface area (Å²) in [6.07, 6.45) is 0. The van der Waals surface area contributed by atoms with Crippen LogP contribution in [0.25, 0.3) is 16.8 Å². The number of nitrogens with zero attached hydrogens (tertiary/aromatic N) is 4. The molecule has 1 heterocycles. The molecule has 52 heavy (non-hydrogen) atoms. The van der Waals surface area contributed by atoms with Gasteiger partial charge in [0.15, 0.2) is 0 Å². The number of aliphatic imine (C=N–C) groups is 1. The van der Waals surface area contributed by atoms with E-state index in [-0.39, 0.29) is 39.7 Å². The maximum Gasteiger partial charge on any atom is 0.446 e. The predicted molar refractivity (Wildman–Crippen MR) is 204 cm³/mol. The number of carbonyl (C=O) groups excluding carboxylic acids is 3. The number of hydrogen-bond acceptors (Lipinski definition) is 7. The average molecular weight is 752 g/mol. The van der Waals surface area contributed by atoms with Crippen LogP contribution in [0.5, 0.6) is 0 Å². The highest BCUT2D eigenvalue weighted by Crippen LogP contribution is 2.37. The molecule has 3 amide bonds. The largest absolute Gasteiger partial charge is 0.446 e. The molecular weight excluding hydrogens is 712 g/mol. The summed E-state index contributed by atoms with van der Waals surface area (Å²) in [4.78, 5) is 44.7. The molecule has 0 aliphatic rings. The van der Waals surface area contributed by atoms with Gasteiger partial charge in [0.1, 0.15) is 11.6 Å². The van der Waals surface area contributed by atoms with Crippen LogP contribution < -0.4 is 10.2 Å². The quantitative estimate of drug-likeness (QED) is 0.0874. The van der Waals surface area contributed by atoms with Crippen molar-refractivity contribution in [1.29, 1.82) is 0 Å². The monoisotopic (exact) mass is 751 g/mol. The third-order valence-electron chi connectivity index (χ3n) is 8.09. The predicted octanol–water partition coefficient (Wildman–Crippen LogP) is 9.52. The van der Waals surface area contributed by atoms with Crippen LogP contribution in [0.15, 0.2) is 83.2 Å². The highest BCUT2D eigenvalue weighted by Gasteiger charge is 2.29. The Hall–Kier alpha value is -4.66. The molecule has 0 aliphatic carbocycles. The minimum absolute atomic E-state index is 0.00834. The lowest BCUT2D eigenvalue weighted by molar-refractivity contribution is -0.117. The summed E-state index contributed by atoms with van der Waals surface area (Å²) in [5.74, 6) is -0.162. The number of hydrogen-bond donors (Lipinski definition) is 1. The number of carbonyl (C=O) groups is 3. The molecule has 0 bridgehead atoms. The summed E-state index contributed by atoms with van der Waals surface area (Å²) >= 11 is 0.953. The number of nitrogens with one attached hydrogen (secondary N) is 1. The van der Waals surface area contributed by atoms with Crippen molar-refractivity contribution in [1.82, 2.24) is 9.78 Å². The first-order valence-corrected chi connectivity index (χ1v) is 17.9.